The van der Waals surface area contributed by atoms with E-state index < -0.39 is 6.10 Å². The molecular weight excluding hydrogens is 310 g/mol. The number of aliphatic hydroxyl groups excluding tert-OH is 1. The molecule has 0 bridgehead atoms. The van der Waals surface area contributed by atoms with Gasteiger partial charge in [-0.05, 0) is 39.7 Å². The number of rotatable bonds is 7. The van der Waals surface area contributed by atoms with Crippen LogP contribution >= 0.6 is 11.3 Å². The van der Waals surface area contributed by atoms with Crippen molar-refractivity contribution in [2.24, 2.45) is 0 Å². The van der Waals surface area contributed by atoms with Gasteiger partial charge in [0, 0.05) is 23.1 Å². The van der Waals surface area contributed by atoms with Gasteiger partial charge in [-0.1, -0.05) is 6.07 Å². The smallest absolute Gasteiger partial charge is 0.220 e. The van der Waals surface area contributed by atoms with Crippen molar-refractivity contribution in [3.05, 3.63) is 45.2 Å². The van der Waals surface area contributed by atoms with Crippen LogP contribution in [0.2, 0.25) is 0 Å². The summed E-state index contributed by atoms with van der Waals surface area (Å²) < 4.78 is 0. The van der Waals surface area contributed by atoms with E-state index >= 15 is 0 Å². The highest BCUT2D eigenvalue weighted by atomic mass is 32.1. The number of nitrogens with zero attached hydrogens (tertiary/aromatic N) is 2. The van der Waals surface area contributed by atoms with Crippen LogP contribution in [0.4, 0.5) is 0 Å². The van der Waals surface area contributed by atoms with Gasteiger partial charge in [-0.15, -0.1) is 11.3 Å². The van der Waals surface area contributed by atoms with Gasteiger partial charge in [0.1, 0.15) is 0 Å². The zero-order valence-corrected chi connectivity index (χ0v) is 14.6. The largest absolute Gasteiger partial charge is 0.389 e. The molecule has 0 fully saturated rings. The van der Waals surface area contributed by atoms with E-state index in [2.05, 4.69) is 15.3 Å². The van der Waals surface area contributed by atoms with Gasteiger partial charge in [0.15, 0.2) is 0 Å². The number of carbonyl (C=O) groups excluding carboxylic acids is 1. The Morgan fingerprint density at radius 1 is 1.30 bits per heavy atom. The lowest BCUT2D eigenvalue weighted by Gasteiger charge is -2.10. The van der Waals surface area contributed by atoms with E-state index in [-0.39, 0.29) is 5.91 Å². The summed E-state index contributed by atoms with van der Waals surface area (Å²) in [5.74, 6) is 0.0241. The number of pyridine rings is 1. The van der Waals surface area contributed by atoms with Crippen LogP contribution in [0.25, 0.3) is 0 Å². The molecule has 0 spiro atoms. The van der Waals surface area contributed by atoms with Gasteiger partial charge in [0.2, 0.25) is 5.91 Å². The van der Waals surface area contributed by atoms with Gasteiger partial charge in [-0.2, -0.15) is 0 Å². The number of thiazole rings is 1. The molecule has 2 N–H and O–H groups in total. The summed E-state index contributed by atoms with van der Waals surface area (Å²) in [5.41, 5.74) is 3.48. The Morgan fingerprint density at radius 3 is 2.70 bits per heavy atom. The van der Waals surface area contributed by atoms with E-state index in [9.17, 15) is 9.90 Å². The molecule has 2 aromatic rings. The van der Waals surface area contributed by atoms with Crippen molar-refractivity contribution in [2.45, 2.75) is 52.7 Å². The summed E-state index contributed by atoms with van der Waals surface area (Å²) >= 11 is 1.64. The molecule has 0 aliphatic rings. The van der Waals surface area contributed by atoms with Crippen molar-refractivity contribution in [1.82, 2.24) is 15.3 Å². The molecule has 0 aliphatic heterocycles. The molecule has 1 atom stereocenters. The summed E-state index contributed by atoms with van der Waals surface area (Å²) in [7, 11) is 0. The minimum Gasteiger partial charge on any atom is -0.389 e. The van der Waals surface area contributed by atoms with Crippen molar-refractivity contribution in [1.29, 1.82) is 0 Å². The summed E-state index contributed by atoms with van der Waals surface area (Å²) in [5, 5.41) is 15.6. The molecule has 0 saturated heterocycles. The van der Waals surface area contributed by atoms with Crippen LogP contribution in [0.15, 0.2) is 17.5 Å². The van der Waals surface area contributed by atoms with Gasteiger partial charge in [0.05, 0.1) is 29.0 Å². The number of hydrogen-bond acceptors (Lipinski definition) is 5. The fourth-order valence-corrected chi connectivity index (χ4v) is 3.04. The first-order chi connectivity index (χ1) is 11.0. The molecule has 5 nitrogen and oxygen atoms in total. The lowest BCUT2D eigenvalue weighted by molar-refractivity contribution is -0.121. The van der Waals surface area contributed by atoms with Gasteiger partial charge >= 0.3 is 0 Å². The van der Waals surface area contributed by atoms with Gasteiger partial charge in [-0.3, -0.25) is 9.78 Å². The van der Waals surface area contributed by atoms with E-state index in [1.807, 2.05) is 31.4 Å². The standard InChI is InChI=1S/C17H23N3O2S/c1-11-16(12(2)21)8-7-14(19-11)9-18-17(22)6-4-5-15-10-23-13(3)20-15/h7-8,10,12,21H,4-6,9H2,1-3H3,(H,18,22)/t12-/m0/s1. The van der Waals surface area contributed by atoms with Gasteiger partial charge in [-0.25, -0.2) is 4.98 Å². The highest BCUT2D eigenvalue weighted by molar-refractivity contribution is 7.09. The molecule has 0 radical (unpaired) electrons. The number of amides is 1. The molecule has 124 valence electrons. The minimum atomic E-state index is -0.527. The third kappa shape index (κ3) is 5.41. The van der Waals surface area contributed by atoms with Crippen LogP contribution in [-0.4, -0.2) is 21.0 Å². The Kier molecular flexibility index (Phi) is 6.24. The molecule has 0 unspecified atom stereocenters. The predicted octanol–water partition coefficient (Wildman–Crippen LogP) is 2.85. The molecule has 6 heteroatoms. The average Bonchev–Trinajstić information content (AvgIpc) is 2.90. The second-order valence-corrected chi connectivity index (χ2v) is 6.70. The average molecular weight is 333 g/mol. The maximum Gasteiger partial charge on any atom is 0.220 e. The first-order valence-corrected chi connectivity index (χ1v) is 8.66. The quantitative estimate of drug-likeness (QED) is 0.817. The Balaban J connectivity index is 1.74. The maximum absolute atomic E-state index is 11.9. The highest BCUT2D eigenvalue weighted by Crippen LogP contribution is 2.15. The first-order valence-electron chi connectivity index (χ1n) is 7.78. The molecule has 23 heavy (non-hydrogen) atoms. The first kappa shape index (κ1) is 17.6. The summed E-state index contributed by atoms with van der Waals surface area (Å²) in [6.07, 6.45) is 1.59. The number of aryl methyl sites for hydroxylation is 3. The molecule has 2 aromatic heterocycles. The SMILES string of the molecule is Cc1nc(CCCC(=O)NCc2ccc([C@H](C)O)c(C)n2)cs1. The van der Waals surface area contributed by atoms with E-state index in [1.165, 1.54) is 0 Å². The molecule has 0 aliphatic carbocycles. The molecule has 1 amide bonds. The number of hydrogen-bond donors (Lipinski definition) is 2. The Morgan fingerprint density at radius 2 is 2.09 bits per heavy atom. The Hall–Kier alpha value is -1.79. The van der Waals surface area contributed by atoms with Crippen LogP contribution in [0.1, 0.15) is 53.5 Å². The van der Waals surface area contributed by atoms with Crippen LogP contribution in [0, 0.1) is 13.8 Å². The summed E-state index contributed by atoms with van der Waals surface area (Å²) in [4.78, 5) is 20.7. The normalized spacial score (nSPS) is 12.2. The fraction of sp³-hybridized carbons (Fsp3) is 0.471. The number of aliphatic hydroxyl groups is 1. The Bertz CT molecular complexity index is 668. The number of carbonyl (C=O) groups is 1. The van der Waals surface area contributed by atoms with Gasteiger partial charge < -0.3 is 10.4 Å². The summed E-state index contributed by atoms with van der Waals surface area (Å²) in [6, 6.07) is 3.70. The van der Waals surface area contributed by atoms with E-state index in [1.54, 1.807) is 18.3 Å². The Labute approximate surface area is 140 Å². The number of nitrogens with one attached hydrogen (secondary N) is 1. The van der Waals surface area contributed by atoms with Crippen LogP contribution in [0.5, 0.6) is 0 Å². The minimum absolute atomic E-state index is 0.0241. The van der Waals surface area contributed by atoms with Crippen LogP contribution in [0.3, 0.4) is 0 Å². The predicted molar refractivity (Wildman–Crippen MR) is 91.2 cm³/mol. The van der Waals surface area contributed by atoms with Crippen molar-refractivity contribution in [3.63, 3.8) is 0 Å². The highest BCUT2D eigenvalue weighted by Gasteiger charge is 2.08. The van der Waals surface area contributed by atoms with E-state index in [0.717, 1.165) is 40.5 Å². The van der Waals surface area contributed by atoms with E-state index in [4.69, 9.17) is 0 Å². The third-order valence-electron chi connectivity index (χ3n) is 3.60. The van der Waals surface area contributed by atoms with Crippen LogP contribution < -0.4 is 5.32 Å². The molecular formula is C17H23N3O2S. The van der Waals surface area contributed by atoms with Crippen molar-refractivity contribution in [2.75, 3.05) is 0 Å². The maximum atomic E-state index is 11.9. The van der Waals surface area contributed by atoms with E-state index in [0.29, 0.717) is 13.0 Å². The number of aromatic nitrogens is 2. The molecule has 0 saturated carbocycles. The topological polar surface area (TPSA) is 75.1 Å². The lowest BCUT2D eigenvalue weighted by Crippen LogP contribution is -2.23. The fourth-order valence-electron chi connectivity index (χ4n) is 2.39. The monoisotopic (exact) mass is 333 g/mol. The molecule has 2 heterocycles. The second-order valence-electron chi connectivity index (χ2n) is 5.64. The zero-order chi connectivity index (χ0) is 16.8. The third-order valence-corrected chi connectivity index (χ3v) is 4.43. The molecule has 2 rings (SSSR count). The van der Waals surface area contributed by atoms with Gasteiger partial charge in [0.25, 0.3) is 0 Å². The lowest BCUT2D eigenvalue weighted by atomic mass is 10.1. The zero-order valence-electron chi connectivity index (χ0n) is 13.8. The van der Waals surface area contributed by atoms with Crippen LogP contribution in [-0.2, 0) is 17.8 Å². The summed E-state index contributed by atoms with van der Waals surface area (Å²) in [6.45, 7) is 5.98. The van der Waals surface area contributed by atoms with Crippen molar-refractivity contribution < 1.29 is 9.90 Å². The second kappa shape index (κ2) is 8.17. The molecule has 0 aromatic carbocycles. The van der Waals surface area contributed by atoms with Crippen molar-refractivity contribution >= 4 is 17.2 Å². The van der Waals surface area contributed by atoms with Crippen molar-refractivity contribution in [3.8, 4) is 0 Å².